The number of rotatable bonds is 4. The summed E-state index contributed by atoms with van der Waals surface area (Å²) in [4.78, 5) is 2.72. The molecule has 19 heavy (non-hydrogen) atoms. The van der Waals surface area contributed by atoms with Crippen LogP contribution < -0.4 is 5.32 Å². The molecule has 0 aromatic heterocycles. The fraction of sp³-hybridized carbons (Fsp3) is 0.647. The van der Waals surface area contributed by atoms with E-state index in [9.17, 15) is 0 Å². The molecule has 2 unspecified atom stereocenters. The van der Waals surface area contributed by atoms with Gasteiger partial charge in [-0.25, -0.2) is 0 Å². The highest BCUT2D eigenvalue weighted by Crippen LogP contribution is 2.23. The van der Waals surface area contributed by atoms with Crippen molar-refractivity contribution < 1.29 is 0 Å². The van der Waals surface area contributed by atoms with E-state index in [1.165, 1.54) is 24.8 Å². The van der Waals surface area contributed by atoms with E-state index in [0.29, 0.717) is 12.1 Å². The van der Waals surface area contributed by atoms with Crippen LogP contribution in [0.5, 0.6) is 0 Å². The van der Waals surface area contributed by atoms with Crippen molar-refractivity contribution >= 4 is 0 Å². The molecule has 1 aliphatic heterocycles. The second-order valence-electron chi connectivity index (χ2n) is 5.72. The molecule has 0 radical (unpaired) electrons. The van der Waals surface area contributed by atoms with Gasteiger partial charge in [0, 0.05) is 24.7 Å². The van der Waals surface area contributed by atoms with E-state index < -0.39 is 0 Å². The Morgan fingerprint density at radius 3 is 2.53 bits per heavy atom. The Balaban J connectivity index is 2.14. The van der Waals surface area contributed by atoms with Gasteiger partial charge in [0.25, 0.3) is 0 Å². The number of hydrogen-bond donors (Lipinski definition) is 1. The van der Waals surface area contributed by atoms with Crippen LogP contribution in [0.1, 0.15) is 51.6 Å². The Kier molecular flexibility index (Phi) is 5.41. The molecule has 1 fully saturated rings. The van der Waals surface area contributed by atoms with Crippen LogP contribution in [0, 0.1) is 0 Å². The predicted molar refractivity (Wildman–Crippen MR) is 82.3 cm³/mol. The molecular formula is C17H28N2. The molecule has 1 N–H and O–H groups in total. The zero-order valence-corrected chi connectivity index (χ0v) is 12.6. The average molecular weight is 260 g/mol. The maximum absolute atomic E-state index is 3.72. The summed E-state index contributed by atoms with van der Waals surface area (Å²) in [6, 6.07) is 12.8. The van der Waals surface area contributed by atoms with E-state index in [2.05, 4.69) is 61.3 Å². The van der Waals surface area contributed by atoms with Crippen LogP contribution in [-0.2, 0) is 0 Å². The van der Waals surface area contributed by atoms with Gasteiger partial charge in [-0.2, -0.15) is 0 Å². The monoisotopic (exact) mass is 260 g/mol. The first kappa shape index (κ1) is 14.5. The zero-order chi connectivity index (χ0) is 13.7. The third kappa shape index (κ3) is 3.58. The summed E-state index contributed by atoms with van der Waals surface area (Å²) in [6.07, 6.45) is 3.75. The summed E-state index contributed by atoms with van der Waals surface area (Å²) in [6.45, 7) is 9.27. The van der Waals surface area contributed by atoms with Gasteiger partial charge in [-0.15, -0.1) is 0 Å². The summed E-state index contributed by atoms with van der Waals surface area (Å²) < 4.78 is 0. The molecule has 2 rings (SSSR count). The minimum Gasteiger partial charge on any atom is -0.309 e. The maximum Gasteiger partial charge on any atom is 0.0449 e. The highest BCUT2D eigenvalue weighted by molar-refractivity contribution is 5.19. The Bertz CT molecular complexity index is 359. The van der Waals surface area contributed by atoms with E-state index in [1.807, 2.05) is 0 Å². The van der Waals surface area contributed by atoms with Gasteiger partial charge in [-0.3, -0.25) is 4.90 Å². The predicted octanol–water partition coefficient (Wildman–Crippen LogP) is 3.60. The molecule has 1 aromatic rings. The zero-order valence-electron chi connectivity index (χ0n) is 12.6. The van der Waals surface area contributed by atoms with Crippen molar-refractivity contribution in [2.24, 2.45) is 0 Å². The molecule has 2 nitrogen and oxygen atoms in total. The van der Waals surface area contributed by atoms with Crippen molar-refractivity contribution in [3.8, 4) is 0 Å². The van der Waals surface area contributed by atoms with Crippen LogP contribution in [0.4, 0.5) is 0 Å². The van der Waals surface area contributed by atoms with Crippen LogP contribution in [0.15, 0.2) is 30.3 Å². The summed E-state index contributed by atoms with van der Waals surface area (Å²) >= 11 is 0. The van der Waals surface area contributed by atoms with Gasteiger partial charge in [-0.05, 0) is 38.3 Å². The van der Waals surface area contributed by atoms with Gasteiger partial charge in [-0.1, -0.05) is 44.2 Å². The van der Waals surface area contributed by atoms with Crippen molar-refractivity contribution in [3.63, 3.8) is 0 Å². The van der Waals surface area contributed by atoms with Crippen molar-refractivity contribution in [2.45, 2.75) is 58.2 Å². The van der Waals surface area contributed by atoms with E-state index >= 15 is 0 Å². The maximum atomic E-state index is 3.72. The van der Waals surface area contributed by atoms with Gasteiger partial charge in [0.2, 0.25) is 0 Å². The molecule has 1 heterocycles. The molecule has 106 valence electrons. The second-order valence-corrected chi connectivity index (χ2v) is 5.72. The van der Waals surface area contributed by atoms with Gasteiger partial charge in [0.15, 0.2) is 0 Å². The molecule has 0 amide bonds. The molecule has 1 aromatic carbocycles. The van der Waals surface area contributed by atoms with Crippen molar-refractivity contribution in [1.82, 2.24) is 10.2 Å². The van der Waals surface area contributed by atoms with Crippen molar-refractivity contribution in [3.05, 3.63) is 35.9 Å². The van der Waals surface area contributed by atoms with Gasteiger partial charge in [0.05, 0.1) is 0 Å². The first-order valence-corrected chi connectivity index (χ1v) is 7.80. The lowest BCUT2D eigenvalue weighted by atomic mass is 10.0. The number of nitrogens with one attached hydrogen (secondary N) is 1. The minimum absolute atomic E-state index is 0.478. The van der Waals surface area contributed by atoms with Crippen LogP contribution in [0.3, 0.4) is 0 Å². The van der Waals surface area contributed by atoms with Crippen LogP contribution in [-0.4, -0.2) is 30.1 Å². The third-order valence-electron chi connectivity index (χ3n) is 4.53. The molecule has 1 aliphatic rings. The number of benzene rings is 1. The highest BCUT2D eigenvalue weighted by atomic mass is 15.2. The summed E-state index contributed by atoms with van der Waals surface area (Å²) in [5.41, 5.74) is 1.42. The lowest BCUT2D eigenvalue weighted by molar-refractivity contribution is 0.132. The van der Waals surface area contributed by atoms with Crippen molar-refractivity contribution in [1.29, 1.82) is 0 Å². The van der Waals surface area contributed by atoms with Gasteiger partial charge in [0.1, 0.15) is 0 Å². The fourth-order valence-corrected chi connectivity index (χ4v) is 3.26. The Morgan fingerprint density at radius 1 is 1.21 bits per heavy atom. The van der Waals surface area contributed by atoms with E-state index in [1.54, 1.807) is 0 Å². The molecule has 0 saturated carbocycles. The summed E-state index contributed by atoms with van der Waals surface area (Å²) in [5.74, 6) is 0. The second kappa shape index (κ2) is 7.06. The number of hydrogen-bond acceptors (Lipinski definition) is 2. The lowest BCUT2D eigenvalue weighted by Crippen LogP contribution is -2.43. The van der Waals surface area contributed by atoms with Crippen LogP contribution in [0.25, 0.3) is 0 Å². The van der Waals surface area contributed by atoms with E-state index in [-0.39, 0.29) is 0 Å². The molecule has 0 bridgehead atoms. The Labute approximate surface area is 118 Å². The first-order valence-electron chi connectivity index (χ1n) is 7.80. The van der Waals surface area contributed by atoms with Crippen molar-refractivity contribution in [2.75, 3.05) is 13.1 Å². The Morgan fingerprint density at radius 2 is 1.89 bits per heavy atom. The highest BCUT2D eigenvalue weighted by Gasteiger charge is 2.27. The molecule has 1 saturated heterocycles. The standard InChI is InChI=1S/C17H28N2/c1-4-16(5-2)19-13-17(18-12-11-14(19)3)15-9-7-6-8-10-15/h6-10,14,16-18H,4-5,11-13H2,1-3H3. The molecule has 0 aliphatic carbocycles. The first-order chi connectivity index (χ1) is 9.26. The number of nitrogens with zero attached hydrogens (tertiary/aromatic N) is 1. The summed E-state index contributed by atoms with van der Waals surface area (Å²) in [5, 5.41) is 3.72. The topological polar surface area (TPSA) is 15.3 Å². The molecular weight excluding hydrogens is 232 g/mol. The fourth-order valence-electron chi connectivity index (χ4n) is 3.26. The van der Waals surface area contributed by atoms with Gasteiger partial charge < -0.3 is 5.32 Å². The van der Waals surface area contributed by atoms with Gasteiger partial charge >= 0.3 is 0 Å². The third-order valence-corrected chi connectivity index (χ3v) is 4.53. The SMILES string of the molecule is CCC(CC)N1CC(c2ccccc2)NCCC1C. The van der Waals surface area contributed by atoms with E-state index in [4.69, 9.17) is 0 Å². The van der Waals surface area contributed by atoms with Crippen LogP contribution in [0.2, 0.25) is 0 Å². The average Bonchev–Trinajstić information content (AvgIpc) is 2.64. The Hall–Kier alpha value is -0.860. The normalized spacial score (nSPS) is 25.5. The quantitative estimate of drug-likeness (QED) is 0.890. The largest absolute Gasteiger partial charge is 0.309 e. The molecule has 2 atom stereocenters. The molecule has 0 spiro atoms. The smallest absolute Gasteiger partial charge is 0.0449 e. The van der Waals surface area contributed by atoms with E-state index in [0.717, 1.165) is 19.1 Å². The molecule has 2 heteroatoms. The minimum atomic E-state index is 0.478. The summed E-state index contributed by atoms with van der Waals surface area (Å²) in [7, 11) is 0. The lowest BCUT2D eigenvalue weighted by Gasteiger charge is -2.35. The van der Waals surface area contributed by atoms with Crippen LogP contribution >= 0.6 is 0 Å².